The molecule has 3 aromatic rings. The predicted molar refractivity (Wildman–Crippen MR) is 120 cm³/mol. The van der Waals surface area contributed by atoms with E-state index in [2.05, 4.69) is 6.07 Å². The first-order valence-corrected chi connectivity index (χ1v) is 9.93. The van der Waals surface area contributed by atoms with Crippen LogP contribution in [-0.2, 0) is 7.05 Å². The lowest BCUT2D eigenvalue weighted by Gasteiger charge is -2.37. The molecule has 5 nitrogen and oxygen atoms in total. The lowest BCUT2D eigenvalue weighted by atomic mass is 9.82. The van der Waals surface area contributed by atoms with E-state index >= 15 is 0 Å². The van der Waals surface area contributed by atoms with Gasteiger partial charge in [-0.2, -0.15) is 5.26 Å². The number of pyridine rings is 1. The third-order valence-corrected chi connectivity index (χ3v) is 5.87. The van der Waals surface area contributed by atoms with Gasteiger partial charge < -0.3 is 10.3 Å². The molecule has 1 aliphatic heterocycles. The van der Waals surface area contributed by atoms with E-state index in [0.717, 1.165) is 22.5 Å². The SMILES string of the molecule is Cc1ccc(C2C(C#N)=C(N)N(c3ccc(Cl)cc3)c3c2c(=O)cc(C)n3C)cc1. The predicted octanol–water partition coefficient (Wildman–Crippen LogP) is 4.63. The Morgan fingerprint density at radius 1 is 1.07 bits per heavy atom. The van der Waals surface area contributed by atoms with Crippen molar-refractivity contribution < 1.29 is 0 Å². The number of aryl methyl sites for hydroxylation is 2. The van der Waals surface area contributed by atoms with E-state index in [4.69, 9.17) is 17.3 Å². The maximum absolute atomic E-state index is 13.3. The second-order valence-corrected chi connectivity index (χ2v) is 7.95. The van der Waals surface area contributed by atoms with Gasteiger partial charge in [0.1, 0.15) is 11.6 Å². The molecular formula is C24H21ClN4O. The van der Waals surface area contributed by atoms with Crippen LogP contribution in [0.25, 0.3) is 0 Å². The Hall–Kier alpha value is -3.49. The molecule has 1 atom stereocenters. The smallest absolute Gasteiger partial charge is 0.188 e. The van der Waals surface area contributed by atoms with Gasteiger partial charge in [0.15, 0.2) is 5.43 Å². The Balaban J connectivity index is 2.09. The van der Waals surface area contributed by atoms with Gasteiger partial charge in [-0.25, -0.2) is 0 Å². The van der Waals surface area contributed by atoms with Crippen LogP contribution in [0, 0.1) is 25.2 Å². The van der Waals surface area contributed by atoms with Crippen molar-refractivity contribution in [1.82, 2.24) is 4.57 Å². The summed E-state index contributed by atoms with van der Waals surface area (Å²) < 4.78 is 1.94. The van der Waals surface area contributed by atoms with Crippen LogP contribution < -0.4 is 16.1 Å². The van der Waals surface area contributed by atoms with E-state index in [1.54, 1.807) is 23.1 Å². The first kappa shape index (κ1) is 19.8. The minimum absolute atomic E-state index is 0.120. The fourth-order valence-corrected chi connectivity index (χ4v) is 4.08. The standard InChI is InChI=1S/C24H21ClN4O/c1-14-4-6-16(7-5-14)21-19(13-26)23(27)29(18-10-8-17(25)9-11-18)24-22(21)20(30)12-15(2)28(24)3/h4-12,21H,27H2,1-3H3. The van der Waals surface area contributed by atoms with Crippen molar-refractivity contribution in [3.05, 3.63) is 104 Å². The van der Waals surface area contributed by atoms with E-state index in [9.17, 15) is 10.1 Å². The average Bonchev–Trinajstić information content (AvgIpc) is 2.72. The van der Waals surface area contributed by atoms with Crippen molar-refractivity contribution in [1.29, 1.82) is 5.26 Å². The van der Waals surface area contributed by atoms with E-state index < -0.39 is 5.92 Å². The van der Waals surface area contributed by atoms with Crippen LogP contribution in [0.1, 0.15) is 28.3 Å². The number of aromatic nitrogens is 1. The molecule has 0 spiro atoms. The van der Waals surface area contributed by atoms with Crippen LogP contribution in [0.4, 0.5) is 11.5 Å². The number of nitrogens with two attached hydrogens (primary N) is 1. The van der Waals surface area contributed by atoms with Crippen LogP contribution >= 0.6 is 11.6 Å². The number of rotatable bonds is 2. The molecule has 0 saturated carbocycles. The molecule has 2 aromatic carbocycles. The molecule has 1 unspecified atom stereocenters. The maximum Gasteiger partial charge on any atom is 0.188 e. The largest absolute Gasteiger partial charge is 0.384 e. The molecule has 0 aliphatic carbocycles. The Morgan fingerprint density at radius 2 is 1.70 bits per heavy atom. The van der Waals surface area contributed by atoms with Gasteiger partial charge in [0.25, 0.3) is 0 Å². The lowest BCUT2D eigenvalue weighted by Crippen LogP contribution is -2.37. The Labute approximate surface area is 180 Å². The number of allylic oxidation sites excluding steroid dienone is 1. The number of hydrogen-bond acceptors (Lipinski definition) is 4. The van der Waals surface area contributed by atoms with Crippen molar-refractivity contribution in [2.45, 2.75) is 19.8 Å². The average molecular weight is 417 g/mol. The van der Waals surface area contributed by atoms with Crippen molar-refractivity contribution >= 4 is 23.1 Å². The van der Waals surface area contributed by atoms with Crippen molar-refractivity contribution in [2.24, 2.45) is 12.8 Å². The highest BCUT2D eigenvalue weighted by atomic mass is 35.5. The van der Waals surface area contributed by atoms with Gasteiger partial charge in [-0.1, -0.05) is 41.4 Å². The van der Waals surface area contributed by atoms with E-state index in [1.807, 2.05) is 61.9 Å². The molecule has 0 saturated heterocycles. The molecular weight excluding hydrogens is 396 g/mol. The lowest BCUT2D eigenvalue weighted by molar-refractivity contribution is 0.773. The van der Waals surface area contributed by atoms with Gasteiger partial charge in [0.05, 0.1) is 23.1 Å². The Kier molecular flexibility index (Phi) is 4.89. The van der Waals surface area contributed by atoms with Gasteiger partial charge in [-0.15, -0.1) is 0 Å². The molecule has 1 aliphatic rings. The van der Waals surface area contributed by atoms with E-state index in [-0.39, 0.29) is 5.43 Å². The van der Waals surface area contributed by atoms with Gasteiger partial charge in [-0.05, 0) is 43.7 Å². The number of fused-ring (bicyclic) bond motifs is 1. The summed E-state index contributed by atoms with van der Waals surface area (Å²) in [6.45, 7) is 3.88. The summed E-state index contributed by atoms with van der Waals surface area (Å²) in [5, 5.41) is 10.6. The highest BCUT2D eigenvalue weighted by molar-refractivity contribution is 6.30. The molecule has 30 heavy (non-hydrogen) atoms. The monoisotopic (exact) mass is 416 g/mol. The zero-order chi connectivity index (χ0) is 21.6. The highest BCUT2D eigenvalue weighted by Gasteiger charge is 2.37. The number of hydrogen-bond donors (Lipinski definition) is 1. The zero-order valence-corrected chi connectivity index (χ0v) is 17.7. The second-order valence-electron chi connectivity index (χ2n) is 7.51. The zero-order valence-electron chi connectivity index (χ0n) is 17.0. The molecule has 150 valence electrons. The molecule has 0 amide bonds. The van der Waals surface area contributed by atoms with Crippen LogP contribution in [0.2, 0.25) is 5.02 Å². The second kappa shape index (κ2) is 7.40. The van der Waals surface area contributed by atoms with Crippen LogP contribution in [0.3, 0.4) is 0 Å². The number of nitriles is 1. The summed E-state index contributed by atoms with van der Waals surface area (Å²) in [6, 6.07) is 18.9. The molecule has 0 radical (unpaired) electrons. The van der Waals surface area contributed by atoms with Crippen LogP contribution in [0.15, 0.2) is 70.8 Å². The minimum atomic E-state index is -0.534. The summed E-state index contributed by atoms with van der Waals surface area (Å²) in [5.74, 6) is 0.427. The van der Waals surface area contributed by atoms with Crippen molar-refractivity contribution in [3.8, 4) is 6.07 Å². The summed E-state index contributed by atoms with van der Waals surface area (Å²) >= 11 is 6.07. The molecule has 2 N–H and O–H groups in total. The molecule has 0 bridgehead atoms. The molecule has 6 heteroatoms. The maximum atomic E-state index is 13.3. The molecule has 1 aromatic heterocycles. The third kappa shape index (κ3) is 3.06. The highest BCUT2D eigenvalue weighted by Crippen LogP contribution is 2.45. The summed E-state index contributed by atoms with van der Waals surface area (Å²) in [5.41, 5.74) is 10.8. The Bertz CT molecular complexity index is 1260. The van der Waals surface area contributed by atoms with E-state index in [1.165, 1.54) is 0 Å². The van der Waals surface area contributed by atoms with Crippen molar-refractivity contribution in [2.75, 3.05) is 4.90 Å². The van der Waals surface area contributed by atoms with Crippen LogP contribution in [0.5, 0.6) is 0 Å². The van der Waals surface area contributed by atoms with Gasteiger partial charge >= 0.3 is 0 Å². The quantitative estimate of drug-likeness (QED) is 0.660. The summed E-state index contributed by atoms with van der Waals surface area (Å²) in [4.78, 5) is 15.0. The van der Waals surface area contributed by atoms with Gasteiger partial charge in [0, 0.05) is 29.5 Å². The first-order valence-electron chi connectivity index (χ1n) is 9.56. The van der Waals surface area contributed by atoms with Crippen molar-refractivity contribution in [3.63, 3.8) is 0 Å². The fraction of sp³-hybridized carbons (Fsp3) is 0.167. The number of nitrogens with zero attached hydrogens (tertiary/aromatic N) is 3. The molecule has 4 rings (SSSR count). The third-order valence-electron chi connectivity index (χ3n) is 5.62. The molecule has 2 heterocycles. The molecule has 0 fully saturated rings. The minimum Gasteiger partial charge on any atom is -0.384 e. The fourth-order valence-electron chi connectivity index (χ4n) is 3.96. The number of anilines is 2. The summed E-state index contributed by atoms with van der Waals surface area (Å²) in [7, 11) is 1.90. The van der Waals surface area contributed by atoms with Gasteiger partial charge in [0.2, 0.25) is 0 Å². The number of halogens is 1. The number of benzene rings is 2. The summed E-state index contributed by atoms with van der Waals surface area (Å²) in [6.07, 6.45) is 0. The topological polar surface area (TPSA) is 75.1 Å². The van der Waals surface area contributed by atoms with E-state index in [0.29, 0.717) is 27.8 Å². The Morgan fingerprint density at radius 3 is 2.30 bits per heavy atom. The first-order chi connectivity index (χ1) is 14.3. The van der Waals surface area contributed by atoms with Gasteiger partial charge in [-0.3, -0.25) is 9.69 Å². The normalized spacial score (nSPS) is 15.7. The van der Waals surface area contributed by atoms with Crippen LogP contribution in [-0.4, -0.2) is 4.57 Å².